The number of esters is 1. The zero-order chi connectivity index (χ0) is 24.0. The second kappa shape index (κ2) is 11.7. The van der Waals surface area contributed by atoms with E-state index < -0.39 is 5.97 Å². The molecule has 174 valence electrons. The normalized spacial score (nSPS) is 14.5. The Morgan fingerprint density at radius 1 is 1.12 bits per heavy atom. The number of methoxy groups -OCH3 is 1. The molecule has 0 bridgehead atoms. The molecule has 1 aliphatic heterocycles. The molecule has 2 aromatic rings. The van der Waals surface area contributed by atoms with Crippen LogP contribution in [-0.4, -0.2) is 43.1 Å². The van der Waals surface area contributed by atoms with E-state index >= 15 is 0 Å². The van der Waals surface area contributed by atoms with E-state index in [4.69, 9.17) is 26.4 Å². The molecule has 10 heteroatoms. The second-order valence-electron chi connectivity index (χ2n) is 6.57. The lowest BCUT2D eigenvalue weighted by molar-refractivity contribution is -0.142. The maximum absolute atomic E-state index is 13.1. The molecule has 0 N–H and O–H groups in total. The minimum absolute atomic E-state index is 0.201. The van der Waals surface area contributed by atoms with Gasteiger partial charge in [0.05, 0.1) is 34.5 Å². The topological polar surface area (TPSA) is 74.3 Å². The average molecular weight is 599 g/mol. The van der Waals surface area contributed by atoms with E-state index in [0.717, 1.165) is 14.9 Å². The van der Waals surface area contributed by atoms with Gasteiger partial charge in [-0.25, -0.2) is 4.79 Å². The van der Waals surface area contributed by atoms with Gasteiger partial charge in [-0.2, -0.15) is 0 Å². The van der Waals surface area contributed by atoms with Crippen molar-refractivity contribution in [2.45, 2.75) is 13.8 Å². The van der Waals surface area contributed by atoms with Crippen molar-refractivity contribution in [1.29, 1.82) is 0 Å². The first-order valence-corrected chi connectivity index (χ1v) is 12.3. The van der Waals surface area contributed by atoms with Gasteiger partial charge in [-0.3, -0.25) is 9.69 Å². The van der Waals surface area contributed by atoms with Gasteiger partial charge in [-0.1, -0.05) is 24.0 Å². The van der Waals surface area contributed by atoms with E-state index in [9.17, 15) is 9.59 Å². The van der Waals surface area contributed by atoms with E-state index in [1.165, 1.54) is 23.8 Å². The fraction of sp³-hybridized carbons (Fsp3) is 0.261. The minimum Gasteiger partial charge on any atom is -0.494 e. The molecule has 0 radical (unpaired) electrons. The summed E-state index contributed by atoms with van der Waals surface area (Å²) < 4.78 is 22.6. The third-order valence-corrected chi connectivity index (χ3v) is 6.49. The second-order valence-corrected chi connectivity index (χ2v) is 9.41. The predicted molar refractivity (Wildman–Crippen MR) is 141 cm³/mol. The van der Waals surface area contributed by atoms with E-state index in [1.807, 2.05) is 44.2 Å². The van der Waals surface area contributed by atoms with Gasteiger partial charge in [-0.15, -0.1) is 0 Å². The Labute approximate surface area is 215 Å². The summed E-state index contributed by atoms with van der Waals surface area (Å²) in [6, 6.07) is 10.8. The first-order valence-electron chi connectivity index (χ1n) is 10.0. The van der Waals surface area contributed by atoms with Crippen molar-refractivity contribution in [1.82, 2.24) is 0 Å². The fourth-order valence-corrected chi connectivity index (χ4v) is 5.04. The minimum atomic E-state index is -0.490. The Bertz CT molecular complexity index is 1090. The lowest BCUT2D eigenvalue weighted by Gasteiger charge is -2.15. The third kappa shape index (κ3) is 6.18. The number of hydrogen-bond acceptors (Lipinski definition) is 8. The van der Waals surface area contributed by atoms with Crippen molar-refractivity contribution >= 4 is 74.5 Å². The summed E-state index contributed by atoms with van der Waals surface area (Å²) >= 11 is 8.80. The Hall–Kier alpha value is -2.31. The number of carbonyl (C=O) groups is 2. The van der Waals surface area contributed by atoms with Gasteiger partial charge in [0.1, 0.15) is 5.75 Å². The molecule has 2 aromatic carbocycles. The van der Waals surface area contributed by atoms with Crippen LogP contribution in [-0.2, 0) is 14.3 Å². The maximum atomic E-state index is 13.1. The van der Waals surface area contributed by atoms with Gasteiger partial charge in [0.25, 0.3) is 5.91 Å². The van der Waals surface area contributed by atoms with E-state index in [1.54, 1.807) is 12.1 Å². The van der Waals surface area contributed by atoms with Crippen LogP contribution in [0.2, 0.25) is 0 Å². The SMILES string of the molecule is CCOc1ccc(N2C(=O)/C(=C\c3cc(I)c(OCC(=O)OC)c(OCC)c3)SC2=S)cc1. The number of benzene rings is 2. The highest BCUT2D eigenvalue weighted by Crippen LogP contribution is 2.39. The number of anilines is 1. The number of ether oxygens (including phenoxy) is 4. The number of halogens is 1. The zero-order valence-electron chi connectivity index (χ0n) is 18.3. The molecule has 0 unspecified atom stereocenters. The first kappa shape index (κ1) is 25.3. The predicted octanol–water partition coefficient (Wildman–Crippen LogP) is 5.05. The highest BCUT2D eigenvalue weighted by Gasteiger charge is 2.33. The summed E-state index contributed by atoms with van der Waals surface area (Å²) in [6.45, 7) is 4.51. The van der Waals surface area contributed by atoms with Crippen LogP contribution >= 0.6 is 46.6 Å². The van der Waals surface area contributed by atoms with Gasteiger partial charge < -0.3 is 18.9 Å². The van der Waals surface area contributed by atoms with Gasteiger partial charge in [0.2, 0.25) is 0 Å². The van der Waals surface area contributed by atoms with Gasteiger partial charge in [0.15, 0.2) is 22.4 Å². The molecule has 1 aliphatic rings. The van der Waals surface area contributed by atoms with Crippen LogP contribution in [0.15, 0.2) is 41.3 Å². The van der Waals surface area contributed by atoms with E-state index in [-0.39, 0.29) is 12.5 Å². The Morgan fingerprint density at radius 2 is 1.82 bits per heavy atom. The van der Waals surface area contributed by atoms with Crippen LogP contribution in [0, 0.1) is 3.57 Å². The maximum Gasteiger partial charge on any atom is 0.343 e. The van der Waals surface area contributed by atoms with Crippen LogP contribution in [0.5, 0.6) is 17.2 Å². The number of rotatable bonds is 9. The number of thioether (sulfide) groups is 1. The molecule has 0 saturated carbocycles. The van der Waals surface area contributed by atoms with E-state index in [2.05, 4.69) is 27.3 Å². The Morgan fingerprint density at radius 3 is 2.45 bits per heavy atom. The summed E-state index contributed by atoms with van der Waals surface area (Å²) in [6.07, 6.45) is 1.77. The quantitative estimate of drug-likeness (QED) is 0.172. The van der Waals surface area contributed by atoms with Crippen molar-refractivity contribution in [2.24, 2.45) is 0 Å². The van der Waals surface area contributed by atoms with Crippen molar-refractivity contribution in [3.05, 3.63) is 50.4 Å². The van der Waals surface area contributed by atoms with Crippen molar-refractivity contribution in [2.75, 3.05) is 31.8 Å². The highest BCUT2D eigenvalue weighted by atomic mass is 127. The summed E-state index contributed by atoms with van der Waals surface area (Å²) in [5, 5.41) is 0. The smallest absolute Gasteiger partial charge is 0.343 e. The van der Waals surface area contributed by atoms with Crippen LogP contribution < -0.4 is 19.1 Å². The highest BCUT2D eigenvalue weighted by molar-refractivity contribution is 14.1. The average Bonchev–Trinajstić information content (AvgIpc) is 3.06. The molecule has 0 aliphatic carbocycles. The van der Waals surface area contributed by atoms with Gasteiger partial charge in [-0.05, 0) is 84.5 Å². The third-order valence-electron chi connectivity index (χ3n) is 4.39. The van der Waals surface area contributed by atoms with Crippen LogP contribution in [0.1, 0.15) is 19.4 Å². The molecular formula is C23H22INO6S2. The molecule has 0 atom stereocenters. The van der Waals surface area contributed by atoms with Crippen molar-refractivity contribution in [3.8, 4) is 17.2 Å². The van der Waals surface area contributed by atoms with Crippen molar-refractivity contribution < 1.29 is 28.5 Å². The standard InChI is InChI=1S/C23H22INO6S2/c1-4-29-16-8-6-15(7-9-16)25-22(27)19(33-23(25)32)12-14-10-17(24)21(18(11-14)30-5-2)31-13-20(26)28-3/h6-12H,4-5,13H2,1-3H3/b19-12+. The molecule has 0 aromatic heterocycles. The van der Waals surface area contributed by atoms with Crippen LogP contribution in [0.25, 0.3) is 6.08 Å². The van der Waals surface area contributed by atoms with Crippen LogP contribution in [0.3, 0.4) is 0 Å². The van der Waals surface area contributed by atoms with E-state index in [0.29, 0.717) is 39.6 Å². The largest absolute Gasteiger partial charge is 0.494 e. The fourth-order valence-electron chi connectivity index (χ4n) is 2.96. The lowest BCUT2D eigenvalue weighted by Crippen LogP contribution is -2.27. The van der Waals surface area contributed by atoms with Gasteiger partial charge >= 0.3 is 5.97 Å². The molecular weight excluding hydrogens is 577 g/mol. The zero-order valence-corrected chi connectivity index (χ0v) is 22.0. The monoisotopic (exact) mass is 599 g/mol. The number of thiocarbonyl (C=S) groups is 1. The lowest BCUT2D eigenvalue weighted by atomic mass is 10.1. The molecule has 0 spiro atoms. The summed E-state index contributed by atoms with van der Waals surface area (Å²) in [5.41, 5.74) is 1.43. The number of nitrogens with zero attached hydrogens (tertiary/aromatic N) is 1. The number of amides is 1. The summed E-state index contributed by atoms with van der Waals surface area (Å²) in [5.74, 6) is 0.960. The molecule has 3 rings (SSSR count). The summed E-state index contributed by atoms with van der Waals surface area (Å²) in [7, 11) is 1.30. The number of hydrogen-bond donors (Lipinski definition) is 0. The Kier molecular flexibility index (Phi) is 8.98. The molecule has 33 heavy (non-hydrogen) atoms. The number of carbonyl (C=O) groups excluding carboxylic acids is 2. The molecule has 1 fully saturated rings. The van der Waals surface area contributed by atoms with Crippen molar-refractivity contribution in [3.63, 3.8) is 0 Å². The molecule has 1 heterocycles. The molecule has 7 nitrogen and oxygen atoms in total. The summed E-state index contributed by atoms with van der Waals surface area (Å²) in [4.78, 5) is 26.6. The van der Waals surface area contributed by atoms with Crippen LogP contribution in [0.4, 0.5) is 5.69 Å². The molecule has 1 saturated heterocycles. The first-order chi connectivity index (χ1) is 15.9. The Balaban J connectivity index is 1.87. The molecule has 1 amide bonds. The van der Waals surface area contributed by atoms with Gasteiger partial charge in [0, 0.05) is 0 Å².